The molecule has 1 aromatic rings. The molecule has 96 valence electrons. The molecule has 0 saturated heterocycles. The van der Waals surface area contributed by atoms with Crippen LogP contribution in [0.4, 0.5) is 24.5 Å². The Bertz CT molecular complexity index is 366. The summed E-state index contributed by atoms with van der Waals surface area (Å²) >= 11 is 0. The van der Waals surface area contributed by atoms with E-state index in [4.69, 9.17) is 5.73 Å². The van der Waals surface area contributed by atoms with E-state index >= 15 is 0 Å². The SMILES string of the molecule is Cc1ccc(N)cc1NCCOCC(F)(F)F. The Morgan fingerprint density at radius 1 is 1.35 bits per heavy atom. The summed E-state index contributed by atoms with van der Waals surface area (Å²) in [5.74, 6) is 0. The highest BCUT2D eigenvalue weighted by Gasteiger charge is 2.27. The second-order valence-electron chi connectivity index (χ2n) is 3.67. The number of halogens is 3. The molecule has 0 aromatic heterocycles. The molecule has 0 unspecified atom stereocenters. The highest BCUT2D eigenvalue weighted by molar-refractivity contribution is 5.59. The van der Waals surface area contributed by atoms with Gasteiger partial charge in [0.15, 0.2) is 0 Å². The summed E-state index contributed by atoms with van der Waals surface area (Å²) in [5.41, 5.74) is 7.99. The number of nitrogens with two attached hydrogens (primary N) is 1. The molecule has 0 atom stereocenters. The first kappa shape index (κ1) is 13.6. The van der Waals surface area contributed by atoms with Crippen LogP contribution in [-0.4, -0.2) is 25.9 Å². The van der Waals surface area contributed by atoms with Crippen molar-refractivity contribution in [3.63, 3.8) is 0 Å². The Hall–Kier alpha value is -1.43. The number of benzene rings is 1. The minimum atomic E-state index is -4.27. The molecule has 0 fully saturated rings. The van der Waals surface area contributed by atoms with Gasteiger partial charge in [-0.25, -0.2) is 0 Å². The van der Waals surface area contributed by atoms with Crippen LogP contribution in [0.1, 0.15) is 5.56 Å². The normalized spacial score (nSPS) is 11.5. The van der Waals surface area contributed by atoms with Crippen LogP contribution in [0, 0.1) is 6.92 Å². The molecule has 0 amide bonds. The molecule has 0 aliphatic heterocycles. The van der Waals surface area contributed by atoms with Crippen molar-refractivity contribution in [3.8, 4) is 0 Å². The maximum atomic E-state index is 11.8. The van der Waals surface area contributed by atoms with E-state index in [-0.39, 0.29) is 6.61 Å². The van der Waals surface area contributed by atoms with Crippen LogP contribution in [-0.2, 0) is 4.74 Å². The van der Waals surface area contributed by atoms with E-state index < -0.39 is 12.8 Å². The zero-order chi connectivity index (χ0) is 12.9. The molecule has 0 radical (unpaired) electrons. The Balaban J connectivity index is 2.29. The highest BCUT2D eigenvalue weighted by atomic mass is 19.4. The molecule has 0 aliphatic rings. The summed E-state index contributed by atoms with van der Waals surface area (Å²) in [7, 11) is 0. The lowest BCUT2D eigenvalue weighted by molar-refractivity contribution is -0.172. The largest absolute Gasteiger partial charge is 0.411 e. The minimum absolute atomic E-state index is 0.00620. The third kappa shape index (κ3) is 5.44. The zero-order valence-electron chi connectivity index (χ0n) is 9.47. The third-order valence-electron chi connectivity index (χ3n) is 2.09. The molecule has 0 aliphatic carbocycles. The topological polar surface area (TPSA) is 47.3 Å². The summed E-state index contributed by atoms with van der Waals surface area (Å²) in [6, 6.07) is 5.34. The first-order chi connectivity index (χ1) is 7.88. The van der Waals surface area contributed by atoms with E-state index in [2.05, 4.69) is 10.1 Å². The van der Waals surface area contributed by atoms with Gasteiger partial charge in [0.2, 0.25) is 0 Å². The lowest BCUT2D eigenvalue weighted by Crippen LogP contribution is -2.20. The van der Waals surface area contributed by atoms with Gasteiger partial charge in [0.05, 0.1) is 6.61 Å². The van der Waals surface area contributed by atoms with Crippen LogP contribution < -0.4 is 11.1 Å². The van der Waals surface area contributed by atoms with Gasteiger partial charge in [0.25, 0.3) is 0 Å². The van der Waals surface area contributed by atoms with E-state index in [0.717, 1.165) is 11.3 Å². The molecule has 0 heterocycles. The fourth-order valence-corrected chi connectivity index (χ4v) is 1.28. The number of rotatable bonds is 5. The van der Waals surface area contributed by atoms with Gasteiger partial charge >= 0.3 is 6.18 Å². The van der Waals surface area contributed by atoms with Gasteiger partial charge in [-0.3, -0.25) is 0 Å². The molecule has 0 saturated carbocycles. The maximum absolute atomic E-state index is 11.8. The van der Waals surface area contributed by atoms with Gasteiger partial charge < -0.3 is 15.8 Å². The molecular formula is C11H15F3N2O. The first-order valence-electron chi connectivity index (χ1n) is 5.13. The van der Waals surface area contributed by atoms with Gasteiger partial charge in [-0.2, -0.15) is 13.2 Å². The first-order valence-corrected chi connectivity index (χ1v) is 5.13. The van der Waals surface area contributed by atoms with Gasteiger partial charge in [0.1, 0.15) is 6.61 Å². The monoisotopic (exact) mass is 248 g/mol. The predicted octanol–water partition coefficient (Wildman–Crippen LogP) is 2.57. The summed E-state index contributed by atoms with van der Waals surface area (Å²) in [5, 5.41) is 2.97. The van der Waals surface area contributed by atoms with Crippen molar-refractivity contribution in [1.29, 1.82) is 0 Å². The smallest absolute Gasteiger partial charge is 0.399 e. The molecule has 3 N–H and O–H groups in total. The molecule has 6 heteroatoms. The van der Waals surface area contributed by atoms with Gasteiger partial charge in [-0.1, -0.05) is 6.07 Å². The molecular weight excluding hydrogens is 233 g/mol. The Morgan fingerprint density at radius 3 is 2.71 bits per heavy atom. The van der Waals surface area contributed by atoms with Crippen molar-refractivity contribution in [2.45, 2.75) is 13.1 Å². The molecule has 3 nitrogen and oxygen atoms in total. The van der Waals surface area contributed by atoms with Crippen molar-refractivity contribution in [2.24, 2.45) is 0 Å². The summed E-state index contributed by atoms with van der Waals surface area (Å²) in [4.78, 5) is 0. The van der Waals surface area contributed by atoms with E-state index in [9.17, 15) is 13.2 Å². The number of hydrogen-bond acceptors (Lipinski definition) is 3. The van der Waals surface area contributed by atoms with Crippen LogP contribution >= 0.6 is 0 Å². The Labute approximate surface area is 97.8 Å². The Kier molecular flexibility index (Phi) is 4.62. The average molecular weight is 248 g/mol. The molecule has 1 rings (SSSR count). The second kappa shape index (κ2) is 5.77. The number of aryl methyl sites for hydroxylation is 1. The highest BCUT2D eigenvalue weighted by Crippen LogP contribution is 2.18. The number of anilines is 2. The van der Waals surface area contributed by atoms with E-state index in [0.29, 0.717) is 12.2 Å². The fraction of sp³-hybridized carbons (Fsp3) is 0.455. The van der Waals surface area contributed by atoms with Gasteiger partial charge in [-0.05, 0) is 24.6 Å². The van der Waals surface area contributed by atoms with E-state index in [1.54, 1.807) is 12.1 Å². The average Bonchev–Trinajstić information content (AvgIpc) is 2.21. The lowest BCUT2D eigenvalue weighted by atomic mass is 10.2. The number of hydrogen-bond donors (Lipinski definition) is 2. The van der Waals surface area contributed by atoms with Crippen molar-refractivity contribution >= 4 is 11.4 Å². The maximum Gasteiger partial charge on any atom is 0.411 e. The van der Waals surface area contributed by atoms with Crippen LogP contribution in [0.5, 0.6) is 0 Å². The summed E-state index contributed by atoms with van der Waals surface area (Å²) in [6.45, 7) is 0.969. The van der Waals surface area contributed by atoms with Crippen molar-refractivity contribution in [2.75, 3.05) is 30.8 Å². The molecule has 17 heavy (non-hydrogen) atoms. The predicted molar refractivity (Wildman–Crippen MR) is 61.0 cm³/mol. The standard InChI is InChI=1S/C11H15F3N2O/c1-8-2-3-9(15)6-10(8)16-4-5-17-7-11(12,13)14/h2-3,6,16H,4-5,7,15H2,1H3. The fourth-order valence-electron chi connectivity index (χ4n) is 1.28. The van der Waals surface area contributed by atoms with Crippen molar-refractivity contribution < 1.29 is 17.9 Å². The Morgan fingerprint density at radius 2 is 2.06 bits per heavy atom. The zero-order valence-corrected chi connectivity index (χ0v) is 9.47. The molecule has 0 bridgehead atoms. The number of alkyl halides is 3. The second-order valence-corrected chi connectivity index (χ2v) is 3.67. The van der Waals surface area contributed by atoms with E-state index in [1.807, 2.05) is 13.0 Å². The number of nitrogens with one attached hydrogen (secondary N) is 1. The molecule has 1 aromatic carbocycles. The van der Waals surface area contributed by atoms with Crippen molar-refractivity contribution in [1.82, 2.24) is 0 Å². The lowest BCUT2D eigenvalue weighted by Gasteiger charge is -2.11. The minimum Gasteiger partial charge on any atom is -0.399 e. The number of nitrogen functional groups attached to an aromatic ring is 1. The van der Waals surface area contributed by atoms with Gasteiger partial charge in [0, 0.05) is 17.9 Å². The summed E-state index contributed by atoms with van der Waals surface area (Å²) < 4.78 is 39.8. The van der Waals surface area contributed by atoms with Crippen LogP contribution in [0.25, 0.3) is 0 Å². The van der Waals surface area contributed by atoms with Crippen LogP contribution in [0.3, 0.4) is 0 Å². The van der Waals surface area contributed by atoms with Crippen LogP contribution in [0.2, 0.25) is 0 Å². The number of ether oxygens (including phenoxy) is 1. The van der Waals surface area contributed by atoms with Gasteiger partial charge in [-0.15, -0.1) is 0 Å². The third-order valence-corrected chi connectivity index (χ3v) is 2.09. The van der Waals surface area contributed by atoms with E-state index in [1.165, 1.54) is 0 Å². The van der Waals surface area contributed by atoms with Crippen molar-refractivity contribution in [3.05, 3.63) is 23.8 Å². The van der Waals surface area contributed by atoms with Crippen LogP contribution in [0.15, 0.2) is 18.2 Å². The molecule has 0 spiro atoms. The summed E-state index contributed by atoms with van der Waals surface area (Å²) in [6.07, 6.45) is -4.27. The quantitative estimate of drug-likeness (QED) is 0.622.